The molecular weight excluding hydrogens is 208 g/mol. The second-order valence-corrected chi connectivity index (χ2v) is 5.29. The zero-order chi connectivity index (χ0) is 12.4. The molecule has 0 fully saturated rings. The van der Waals surface area contributed by atoms with Gasteiger partial charge in [0.25, 0.3) is 0 Å². The monoisotopic (exact) mass is 230 g/mol. The quantitative estimate of drug-likeness (QED) is 0.695. The van der Waals surface area contributed by atoms with Crippen LogP contribution in [0, 0.1) is 13.8 Å². The van der Waals surface area contributed by atoms with Crippen molar-refractivity contribution in [3.63, 3.8) is 0 Å². The minimum atomic E-state index is 0.181. The van der Waals surface area contributed by atoms with E-state index < -0.39 is 0 Å². The predicted molar refractivity (Wildman–Crippen MR) is 72.2 cm³/mol. The van der Waals surface area contributed by atoms with E-state index in [1.165, 1.54) is 28.7 Å². The maximum atomic E-state index is 6.10. The van der Waals surface area contributed by atoms with Gasteiger partial charge in [-0.1, -0.05) is 41.0 Å². The molecule has 1 nitrogen and oxygen atoms in total. The summed E-state index contributed by atoms with van der Waals surface area (Å²) in [4.78, 5) is 0. The van der Waals surface area contributed by atoms with Gasteiger partial charge < -0.3 is 4.74 Å². The Morgan fingerprint density at radius 1 is 1.12 bits per heavy atom. The van der Waals surface area contributed by atoms with E-state index in [1.807, 2.05) is 0 Å². The minimum absolute atomic E-state index is 0.181. The molecule has 0 bridgehead atoms. The van der Waals surface area contributed by atoms with Crippen molar-refractivity contribution in [2.75, 3.05) is 0 Å². The molecule has 2 atom stereocenters. The smallest absolute Gasteiger partial charge is 0.0805 e. The molecule has 1 heteroatoms. The number of rotatable bonds is 3. The lowest BCUT2D eigenvalue weighted by molar-refractivity contribution is 0.0237. The zero-order valence-corrected chi connectivity index (χ0v) is 11.3. The van der Waals surface area contributed by atoms with Crippen LogP contribution in [0.3, 0.4) is 0 Å². The van der Waals surface area contributed by atoms with Crippen molar-refractivity contribution in [2.24, 2.45) is 0 Å². The van der Waals surface area contributed by atoms with Gasteiger partial charge in [0.05, 0.1) is 12.2 Å². The van der Waals surface area contributed by atoms with E-state index in [4.69, 9.17) is 4.74 Å². The molecule has 1 aliphatic rings. The van der Waals surface area contributed by atoms with Crippen LogP contribution >= 0.6 is 0 Å². The summed E-state index contributed by atoms with van der Waals surface area (Å²) in [5.41, 5.74) is 5.38. The van der Waals surface area contributed by atoms with E-state index in [0.717, 1.165) is 6.42 Å². The summed E-state index contributed by atoms with van der Waals surface area (Å²) < 4.78 is 6.10. The molecule has 0 saturated heterocycles. The highest BCUT2D eigenvalue weighted by atomic mass is 16.5. The lowest BCUT2D eigenvalue weighted by atomic mass is 10.0. The topological polar surface area (TPSA) is 9.23 Å². The van der Waals surface area contributed by atoms with Gasteiger partial charge in [-0.2, -0.15) is 0 Å². The standard InChI is InChI=1S/C16H22O/c1-11-5-6-16(10-11)17-14(4)15-8-12(2)7-13(3)9-15/h7-10,14,16H,5-6H2,1-4H3/t14-,16+/m1/s1. The van der Waals surface area contributed by atoms with Crippen molar-refractivity contribution in [3.8, 4) is 0 Å². The zero-order valence-electron chi connectivity index (χ0n) is 11.3. The van der Waals surface area contributed by atoms with Crippen LogP contribution in [0.2, 0.25) is 0 Å². The summed E-state index contributed by atoms with van der Waals surface area (Å²) in [5, 5.41) is 0. The lowest BCUT2D eigenvalue weighted by Crippen LogP contribution is -2.10. The van der Waals surface area contributed by atoms with Crippen molar-refractivity contribution in [2.45, 2.75) is 52.7 Å². The fourth-order valence-corrected chi connectivity index (χ4v) is 2.55. The Morgan fingerprint density at radius 2 is 1.76 bits per heavy atom. The minimum Gasteiger partial charge on any atom is -0.367 e. The molecule has 0 amide bonds. The first-order valence-corrected chi connectivity index (χ1v) is 6.45. The second-order valence-electron chi connectivity index (χ2n) is 5.29. The highest BCUT2D eigenvalue weighted by Crippen LogP contribution is 2.27. The number of hydrogen-bond donors (Lipinski definition) is 0. The third-order valence-corrected chi connectivity index (χ3v) is 3.39. The van der Waals surface area contributed by atoms with Crippen molar-refractivity contribution in [1.29, 1.82) is 0 Å². The molecular formula is C16H22O. The predicted octanol–water partition coefficient (Wildman–Crippen LogP) is 4.49. The fraction of sp³-hybridized carbons (Fsp3) is 0.500. The SMILES string of the molecule is CC1=C[C@@H](O[C@H](C)c2cc(C)cc(C)c2)CC1. The van der Waals surface area contributed by atoms with Crippen LogP contribution in [0.5, 0.6) is 0 Å². The van der Waals surface area contributed by atoms with Crippen LogP contribution in [-0.4, -0.2) is 6.10 Å². The van der Waals surface area contributed by atoms with Gasteiger partial charge in [0.1, 0.15) is 0 Å². The van der Waals surface area contributed by atoms with Crippen LogP contribution < -0.4 is 0 Å². The molecule has 0 N–H and O–H groups in total. The van der Waals surface area contributed by atoms with E-state index in [1.54, 1.807) is 0 Å². The molecule has 0 aliphatic heterocycles. The Bertz CT molecular complexity index is 411. The highest BCUT2D eigenvalue weighted by Gasteiger charge is 2.17. The van der Waals surface area contributed by atoms with Gasteiger partial charge in [-0.15, -0.1) is 0 Å². The molecule has 92 valence electrons. The molecule has 0 aromatic heterocycles. The van der Waals surface area contributed by atoms with Crippen molar-refractivity contribution < 1.29 is 4.74 Å². The van der Waals surface area contributed by atoms with E-state index >= 15 is 0 Å². The molecule has 0 unspecified atom stereocenters. The van der Waals surface area contributed by atoms with Gasteiger partial charge in [0.2, 0.25) is 0 Å². The molecule has 17 heavy (non-hydrogen) atoms. The highest BCUT2D eigenvalue weighted by molar-refractivity contribution is 5.29. The molecule has 0 saturated carbocycles. The molecule has 0 heterocycles. The fourth-order valence-electron chi connectivity index (χ4n) is 2.55. The summed E-state index contributed by atoms with van der Waals surface area (Å²) >= 11 is 0. The van der Waals surface area contributed by atoms with Gasteiger partial charge in [-0.3, -0.25) is 0 Å². The largest absolute Gasteiger partial charge is 0.367 e. The maximum absolute atomic E-state index is 6.10. The van der Waals surface area contributed by atoms with Crippen LogP contribution in [0.25, 0.3) is 0 Å². The Balaban J connectivity index is 2.06. The van der Waals surface area contributed by atoms with E-state index in [0.29, 0.717) is 6.10 Å². The number of hydrogen-bond acceptors (Lipinski definition) is 1. The molecule has 1 aromatic rings. The second kappa shape index (κ2) is 5.05. The van der Waals surface area contributed by atoms with E-state index in [-0.39, 0.29) is 6.10 Å². The molecule has 2 rings (SSSR count). The Hall–Kier alpha value is -1.08. The van der Waals surface area contributed by atoms with E-state index in [9.17, 15) is 0 Å². The van der Waals surface area contributed by atoms with Crippen LogP contribution in [0.1, 0.15) is 49.5 Å². The number of benzene rings is 1. The first-order chi connectivity index (χ1) is 8.04. The first kappa shape index (κ1) is 12.4. The van der Waals surface area contributed by atoms with Gasteiger partial charge >= 0.3 is 0 Å². The van der Waals surface area contributed by atoms with Gasteiger partial charge in [-0.25, -0.2) is 0 Å². The number of ether oxygens (including phenoxy) is 1. The molecule has 0 radical (unpaired) electrons. The summed E-state index contributed by atoms with van der Waals surface area (Å²) in [7, 11) is 0. The average molecular weight is 230 g/mol. The lowest BCUT2D eigenvalue weighted by Gasteiger charge is -2.18. The van der Waals surface area contributed by atoms with Gasteiger partial charge in [-0.05, 0) is 46.1 Å². The summed E-state index contributed by atoms with van der Waals surface area (Å²) in [6.07, 6.45) is 5.08. The number of aryl methyl sites for hydroxylation is 2. The first-order valence-electron chi connectivity index (χ1n) is 6.45. The van der Waals surface area contributed by atoms with Crippen molar-refractivity contribution in [1.82, 2.24) is 0 Å². The third kappa shape index (κ3) is 3.19. The summed E-state index contributed by atoms with van der Waals surface area (Å²) in [5.74, 6) is 0. The maximum Gasteiger partial charge on any atom is 0.0805 e. The number of allylic oxidation sites excluding steroid dienone is 1. The average Bonchev–Trinajstić information content (AvgIpc) is 2.62. The molecule has 1 aromatic carbocycles. The summed E-state index contributed by atoms with van der Waals surface area (Å²) in [6.45, 7) is 8.62. The Morgan fingerprint density at radius 3 is 2.29 bits per heavy atom. The van der Waals surface area contributed by atoms with Gasteiger partial charge in [0, 0.05) is 0 Å². The van der Waals surface area contributed by atoms with Crippen molar-refractivity contribution in [3.05, 3.63) is 46.5 Å². The normalized spacial score (nSPS) is 21.4. The van der Waals surface area contributed by atoms with Gasteiger partial charge in [0.15, 0.2) is 0 Å². The molecule has 0 spiro atoms. The van der Waals surface area contributed by atoms with Crippen LogP contribution in [0.4, 0.5) is 0 Å². The van der Waals surface area contributed by atoms with Crippen molar-refractivity contribution >= 4 is 0 Å². The summed E-state index contributed by atoms with van der Waals surface area (Å²) in [6, 6.07) is 6.65. The third-order valence-electron chi connectivity index (χ3n) is 3.39. The van der Waals surface area contributed by atoms with Crippen LogP contribution in [-0.2, 0) is 4.74 Å². The Kier molecular flexibility index (Phi) is 3.68. The van der Waals surface area contributed by atoms with E-state index in [2.05, 4.69) is 52.0 Å². The Labute approximate surface area is 104 Å². The molecule has 1 aliphatic carbocycles. The van der Waals surface area contributed by atoms with Crippen LogP contribution in [0.15, 0.2) is 29.8 Å².